The van der Waals surface area contributed by atoms with Gasteiger partial charge in [-0.3, -0.25) is 14.3 Å². The second kappa shape index (κ2) is 15.3. The number of rotatable bonds is 12. The molecule has 5 rings (SSSR count). The molecule has 3 aromatic carbocycles. The number of hydrogen-bond donors (Lipinski definition) is 1. The highest BCUT2D eigenvalue weighted by Crippen LogP contribution is 2.46. The Bertz CT molecular complexity index is 1820. The quantitative estimate of drug-likeness (QED) is 0.128. The number of carbonyl (C=O) groups excluding carboxylic acids is 2. The number of ether oxygens (including phenoxy) is 3. The van der Waals surface area contributed by atoms with Crippen LogP contribution < -0.4 is 5.69 Å². The van der Waals surface area contributed by atoms with Gasteiger partial charge in [0.15, 0.2) is 0 Å². The van der Waals surface area contributed by atoms with Crippen LogP contribution in [0.1, 0.15) is 67.0 Å². The number of hydrogen-bond acceptors (Lipinski definition) is 7. The summed E-state index contributed by atoms with van der Waals surface area (Å²) < 4.78 is 73.5. The molecule has 266 valence electrons. The number of halogens is 4. The third-order valence-corrected chi connectivity index (χ3v) is 9.09. The SMILES string of the molecule is CCOC(=O)C[C@]1(n2cn[nH]c2=O)CC[C@@](CO[C@H](C)c2cc(CF)cc(C(F)(F)F)c2)(c2ccccc2)N(C(=O)OCc2ccccc2)C1. The molecule has 1 aliphatic heterocycles. The summed E-state index contributed by atoms with van der Waals surface area (Å²) in [5, 5.41) is 6.24. The normalized spacial score (nSPS) is 19.9. The van der Waals surface area contributed by atoms with Crippen LogP contribution in [-0.2, 0) is 49.5 Å². The van der Waals surface area contributed by atoms with E-state index in [2.05, 4.69) is 10.2 Å². The predicted octanol–water partition coefficient (Wildman–Crippen LogP) is 6.81. The van der Waals surface area contributed by atoms with Crippen molar-refractivity contribution in [3.05, 3.63) is 123 Å². The standard InChI is InChI=1S/C36H38F4N4O6/c1-3-48-31(45)19-34(44-24-41-42-32(44)46)14-15-35(29-12-8-5-9-13-29,43(22-34)33(47)49-21-26-10-6-4-7-11-26)23-50-25(2)28-16-27(20-37)17-30(18-28)36(38,39)40/h4-13,16-18,24-25H,3,14-15,19-23H2,1-2H3,(H,42,46)/t25-,34-,35-/m1/s1. The minimum absolute atomic E-state index is 0.0922. The lowest BCUT2D eigenvalue weighted by atomic mass is 9.73. The van der Waals surface area contributed by atoms with Crippen molar-refractivity contribution in [1.29, 1.82) is 0 Å². The van der Waals surface area contributed by atoms with E-state index in [1.54, 1.807) is 68.4 Å². The van der Waals surface area contributed by atoms with Crippen LogP contribution in [0.5, 0.6) is 0 Å². The van der Waals surface area contributed by atoms with Gasteiger partial charge < -0.3 is 14.2 Å². The molecule has 1 amide bonds. The minimum Gasteiger partial charge on any atom is -0.466 e. The molecule has 0 bridgehead atoms. The van der Waals surface area contributed by atoms with Gasteiger partial charge in [-0.05, 0) is 61.1 Å². The van der Waals surface area contributed by atoms with Gasteiger partial charge in [0.05, 0.1) is 42.4 Å². The van der Waals surface area contributed by atoms with Crippen molar-refractivity contribution < 1.29 is 41.4 Å². The molecular weight excluding hydrogens is 660 g/mol. The smallest absolute Gasteiger partial charge is 0.416 e. The summed E-state index contributed by atoms with van der Waals surface area (Å²) in [7, 11) is 0. The Morgan fingerprint density at radius 2 is 1.68 bits per heavy atom. The van der Waals surface area contributed by atoms with E-state index in [1.165, 1.54) is 21.9 Å². The van der Waals surface area contributed by atoms with Crippen molar-refractivity contribution in [3.63, 3.8) is 0 Å². The number of nitrogens with zero attached hydrogens (tertiary/aromatic N) is 3. The number of alkyl halides is 4. The van der Waals surface area contributed by atoms with Gasteiger partial charge in [0.1, 0.15) is 19.6 Å². The maximum absolute atomic E-state index is 14.3. The van der Waals surface area contributed by atoms with E-state index in [9.17, 15) is 31.9 Å². The van der Waals surface area contributed by atoms with Crippen LogP contribution in [0, 0.1) is 0 Å². The highest BCUT2D eigenvalue weighted by atomic mass is 19.4. The maximum Gasteiger partial charge on any atom is 0.416 e. The fourth-order valence-electron chi connectivity index (χ4n) is 6.46. The van der Waals surface area contributed by atoms with E-state index in [0.29, 0.717) is 11.1 Å². The van der Waals surface area contributed by atoms with Crippen molar-refractivity contribution in [3.8, 4) is 0 Å². The zero-order valence-electron chi connectivity index (χ0n) is 27.6. The van der Waals surface area contributed by atoms with Crippen molar-refractivity contribution >= 4 is 12.1 Å². The van der Waals surface area contributed by atoms with Gasteiger partial charge in [0.2, 0.25) is 0 Å². The fraction of sp³-hybridized carbons (Fsp3) is 0.389. The van der Waals surface area contributed by atoms with E-state index in [1.807, 2.05) is 6.07 Å². The Hall–Kier alpha value is -4.98. The highest BCUT2D eigenvalue weighted by molar-refractivity contribution is 5.72. The number of amides is 1. The van der Waals surface area contributed by atoms with E-state index >= 15 is 0 Å². The molecule has 1 fully saturated rings. The fourth-order valence-corrected chi connectivity index (χ4v) is 6.46. The maximum atomic E-state index is 14.3. The first kappa shape index (κ1) is 36.3. The Morgan fingerprint density at radius 3 is 2.30 bits per heavy atom. The summed E-state index contributed by atoms with van der Waals surface area (Å²) >= 11 is 0. The molecule has 0 spiro atoms. The van der Waals surface area contributed by atoms with Crippen LogP contribution in [0.25, 0.3) is 0 Å². The molecule has 3 atom stereocenters. The molecule has 14 heteroatoms. The lowest BCUT2D eigenvalue weighted by Gasteiger charge is -2.53. The van der Waals surface area contributed by atoms with Gasteiger partial charge in [0, 0.05) is 6.54 Å². The molecular formula is C36H38F4N4O6. The molecule has 1 aromatic heterocycles. The van der Waals surface area contributed by atoms with Crippen molar-refractivity contribution in [1.82, 2.24) is 19.7 Å². The van der Waals surface area contributed by atoms with Gasteiger partial charge in [-0.25, -0.2) is 19.1 Å². The predicted molar refractivity (Wildman–Crippen MR) is 173 cm³/mol. The molecule has 2 heterocycles. The molecule has 0 unspecified atom stereocenters. The number of H-pyrrole nitrogens is 1. The molecule has 0 radical (unpaired) electrons. The van der Waals surface area contributed by atoms with Crippen molar-refractivity contribution in [2.24, 2.45) is 0 Å². The molecule has 1 N–H and O–H groups in total. The van der Waals surface area contributed by atoms with Gasteiger partial charge in [-0.2, -0.15) is 18.3 Å². The summed E-state index contributed by atoms with van der Waals surface area (Å²) in [6.45, 7) is 1.66. The number of likely N-dealkylation sites (tertiary alicyclic amines) is 1. The number of benzene rings is 3. The number of nitrogens with one attached hydrogen (secondary N) is 1. The summed E-state index contributed by atoms with van der Waals surface area (Å²) in [5.74, 6) is -0.594. The first-order valence-corrected chi connectivity index (χ1v) is 16.1. The Kier molecular flexibility index (Phi) is 11.1. The van der Waals surface area contributed by atoms with Gasteiger partial charge in [-0.1, -0.05) is 66.7 Å². The van der Waals surface area contributed by atoms with Crippen molar-refractivity contribution in [2.45, 2.75) is 69.7 Å². The molecule has 0 aliphatic carbocycles. The lowest BCUT2D eigenvalue weighted by molar-refractivity contribution is -0.148. The summed E-state index contributed by atoms with van der Waals surface area (Å²) in [6.07, 6.45) is -5.18. The second-order valence-electron chi connectivity index (χ2n) is 12.3. The molecule has 4 aromatic rings. The van der Waals surface area contributed by atoms with Crippen LogP contribution >= 0.6 is 0 Å². The highest BCUT2D eigenvalue weighted by Gasteiger charge is 2.54. The third kappa shape index (κ3) is 7.91. The Balaban J connectivity index is 1.58. The number of carbonyl (C=O) groups is 2. The monoisotopic (exact) mass is 698 g/mol. The summed E-state index contributed by atoms with van der Waals surface area (Å²) in [4.78, 5) is 41.8. The van der Waals surface area contributed by atoms with Gasteiger partial charge in [0.25, 0.3) is 0 Å². The zero-order valence-corrected chi connectivity index (χ0v) is 27.6. The van der Waals surface area contributed by atoms with Crippen LogP contribution in [0.4, 0.5) is 22.4 Å². The number of piperidine rings is 1. The van der Waals surface area contributed by atoms with E-state index in [4.69, 9.17) is 14.2 Å². The van der Waals surface area contributed by atoms with E-state index in [-0.39, 0.29) is 56.8 Å². The van der Waals surface area contributed by atoms with Crippen LogP contribution in [-0.4, -0.2) is 51.5 Å². The van der Waals surface area contributed by atoms with E-state index in [0.717, 1.165) is 12.1 Å². The Morgan fingerprint density at radius 1 is 0.980 bits per heavy atom. The average Bonchev–Trinajstić information content (AvgIpc) is 3.56. The Labute approximate surface area is 286 Å². The minimum atomic E-state index is -4.71. The zero-order chi connectivity index (χ0) is 35.9. The second-order valence-corrected chi connectivity index (χ2v) is 12.3. The molecule has 10 nitrogen and oxygen atoms in total. The topological polar surface area (TPSA) is 116 Å². The molecule has 0 saturated carbocycles. The first-order valence-electron chi connectivity index (χ1n) is 16.1. The summed E-state index contributed by atoms with van der Waals surface area (Å²) in [5.41, 5.74) is -2.92. The molecule has 50 heavy (non-hydrogen) atoms. The molecule has 1 saturated heterocycles. The van der Waals surface area contributed by atoms with E-state index < -0.39 is 53.3 Å². The largest absolute Gasteiger partial charge is 0.466 e. The van der Waals surface area contributed by atoms with Gasteiger partial charge >= 0.3 is 23.9 Å². The lowest BCUT2D eigenvalue weighted by Crippen LogP contribution is -2.64. The van der Waals surface area contributed by atoms with Crippen molar-refractivity contribution in [2.75, 3.05) is 19.8 Å². The number of aromatic amines is 1. The summed E-state index contributed by atoms with van der Waals surface area (Å²) in [6, 6.07) is 20.9. The van der Waals surface area contributed by atoms with Crippen LogP contribution in [0.2, 0.25) is 0 Å². The van der Waals surface area contributed by atoms with Crippen LogP contribution in [0.15, 0.2) is 90.0 Å². The third-order valence-electron chi connectivity index (χ3n) is 9.09. The molecule has 1 aliphatic rings. The van der Waals surface area contributed by atoms with Gasteiger partial charge in [-0.15, -0.1) is 0 Å². The average molecular weight is 699 g/mol. The first-order chi connectivity index (χ1) is 23.9. The number of esters is 1. The van der Waals surface area contributed by atoms with Crippen LogP contribution in [0.3, 0.4) is 0 Å². The number of aromatic nitrogens is 3.